The van der Waals surface area contributed by atoms with Gasteiger partial charge in [0.15, 0.2) is 0 Å². The summed E-state index contributed by atoms with van der Waals surface area (Å²) in [5.74, 6) is -0.575. The largest absolute Gasteiger partial charge is 0.395 e. The lowest BCUT2D eigenvalue weighted by Gasteiger charge is -2.31. The summed E-state index contributed by atoms with van der Waals surface area (Å²) in [6.45, 7) is 3.06. The second-order valence-corrected chi connectivity index (χ2v) is 6.18. The van der Waals surface area contributed by atoms with Crippen molar-refractivity contribution in [3.8, 4) is 0 Å². The van der Waals surface area contributed by atoms with Crippen molar-refractivity contribution in [2.75, 3.05) is 40.5 Å². The number of benzene rings is 1. The number of carbonyl (C=O) groups excluding carboxylic acids is 2. The van der Waals surface area contributed by atoms with E-state index in [0.29, 0.717) is 13.2 Å². The first kappa shape index (κ1) is 18.4. The molecule has 0 aliphatic carbocycles. The molecule has 2 rings (SSSR count). The molecule has 6 nitrogen and oxygen atoms in total. The van der Waals surface area contributed by atoms with Crippen LogP contribution in [-0.4, -0.2) is 67.2 Å². The Kier molecular flexibility index (Phi) is 6.34. The van der Waals surface area contributed by atoms with Crippen LogP contribution in [0.2, 0.25) is 0 Å². The predicted octanol–water partition coefficient (Wildman–Crippen LogP) is 0.982. The highest BCUT2D eigenvalue weighted by Crippen LogP contribution is 2.40. The molecular formula is C18H26N2O4. The molecule has 0 saturated carbocycles. The highest BCUT2D eigenvalue weighted by Gasteiger charge is 2.45. The number of aliphatic hydroxyl groups is 1. The summed E-state index contributed by atoms with van der Waals surface area (Å²) in [4.78, 5) is 28.6. The minimum Gasteiger partial charge on any atom is -0.395 e. The van der Waals surface area contributed by atoms with Crippen LogP contribution in [0.15, 0.2) is 24.3 Å². The summed E-state index contributed by atoms with van der Waals surface area (Å²) in [6.07, 6.45) is 0.192. The Morgan fingerprint density at radius 3 is 2.75 bits per heavy atom. The number of aryl methyl sites for hydroxylation is 1. The van der Waals surface area contributed by atoms with Crippen molar-refractivity contribution in [3.63, 3.8) is 0 Å². The molecule has 0 spiro atoms. The first-order valence-corrected chi connectivity index (χ1v) is 8.21. The third-order valence-corrected chi connectivity index (χ3v) is 4.60. The van der Waals surface area contributed by atoms with Crippen LogP contribution >= 0.6 is 0 Å². The zero-order chi connectivity index (χ0) is 17.7. The summed E-state index contributed by atoms with van der Waals surface area (Å²) in [6, 6.07) is 7.56. The van der Waals surface area contributed by atoms with Crippen LogP contribution in [-0.2, 0) is 14.3 Å². The fraction of sp³-hybridized carbons (Fsp3) is 0.556. The molecule has 1 aromatic carbocycles. The van der Waals surface area contributed by atoms with E-state index in [9.17, 15) is 9.59 Å². The molecule has 1 aliphatic rings. The molecule has 0 bridgehead atoms. The molecule has 2 amide bonds. The standard InChI is InChI=1S/C18H26N2O4/c1-13-6-4-5-7-14(13)17-15(18(23)19(2)8-10-21)12-16(22)20(17)9-11-24-3/h4-7,15,17,21H,8-12H2,1-3H3/t15-,17+/m1/s1. The van der Waals surface area contributed by atoms with Gasteiger partial charge in [0, 0.05) is 33.7 Å². The van der Waals surface area contributed by atoms with Crippen molar-refractivity contribution < 1.29 is 19.4 Å². The van der Waals surface area contributed by atoms with Crippen LogP contribution in [0.25, 0.3) is 0 Å². The molecule has 24 heavy (non-hydrogen) atoms. The van der Waals surface area contributed by atoms with Crippen molar-refractivity contribution in [2.24, 2.45) is 5.92 Å². The quantitative estimate of drug-likeness (QED) is 0.807. The Hall–Kier alpha value is -1.92. The molecule has 1 N–H and O–H groups in total. The number of likely N-dealkylation sites (N-methyl/N-ethyl adjacent to an activating group) is 1. The maximum absolute atomic E-state index is 12.8. The third-order valence-electron chi connectivity index (χ3n) is 4.60. The average Bonchev–Trinajstić information content (AvgIpc) is 2.89. The fourth-order valence-electron chi connectivity index (χ4n) is 3.31. The van der Waals surface area contributed by atoms with Crippen LogP contribution in [0.4, 0.5) is 0 Å². The third kappa shape index (κ3) is 3.76. The van der Waals surface area contributed by atoms with E-state index in [1.807, 2.05) is 31.2 Å². The van der Waals surface area contributed by atoms with Crippen LogP contribution in [0.5, 0.6) is 0 Å². The Bertz CT molecular complexity index is 590. The molecule has 1 saturated heterocycles. The van der Waals surface area contributed by atoms with Gasteiger partial charge in [-0.3, -0.25) is 9.59 Å². The Labute approximate surface area is 143 Å². The number of hydrogen-bond acceptors (Lipinski definition) is 4. The Balaban J connectivity index is 2.36. The van der Waals surface area contributed by atoms with Crippen LogP contribution in [0.1, 0.15) is 23.6 Å². The van der Waals surface area contributed by atoms with Crippen molar-refractivity contribution in [1.82, 2.24) is 9.80 Å². The lowest BCUT2D eigenvalue weighted by molar-refractivity contribution is -0.135. The van der Waals surface area contributed by atoms with Crippen molar-refractivity contribution >= 4 is 11.8 Å². The van der Waals surface area contributed by atoms with Crippen molar-refractivity contribution in [1.29, 1.82) is 0 Å². The van der Waals surface area contributed by atoms with Gasteiger partial charge in [0.2, 0.25) is 11.8 Å². The van der Waals surface area contributed by atoms with Gasteiger partial charge in [-0.25, -0.2) is 0 Å². The second-order valence-electron chi connectivity index (χ2n) is 6.18. The highest BCUT2D eigenvalue weighted by atomic mass is 16.5. The zero-order valence-electron chi connectivity index (χ0n) is 14.6. The topological polar surface area (TPSA) is 70.1 Å². The summed E-state index contributed by atoms with van der Waals surface area (Å²) in [5, 5.41) is 9.09. The van der Waals surface area contributed by atoms with Crippen molar-refractivity contribution in [3.05, 3.63) is 35.4 Å². The second kappa shape index (κ2) is 8.26. The summed E-state index contributed by atoms with van der Waals surface area (Å²) >= 11 is 0. The van der Waals surface area contributed by atoms with Crippen molar-refractivity contribution in [2.45, 2.75) is 19.4 Å². The van der Waals surface area contributed by atoms with Gasteiger partial charge in [-0.15, -0.1) is 0 Å². The van der Waals surface area contributed by atoms with Gasteiger partial charge in [-0.1, -0.05) is 24.3 Å². The number of methoxy groups -OCH3 is 1. The van der Waals surface area contributed by atoms with Gasteiger partial charge < -0.3 is 19.6 Å². The van der Waals surface area contributed by atoms with E-state index >= 15 is 0 Å². The molecule has 1 aromatic rings. The van der Waals surface area contributed by atoms with Crippen LogP contribution in [0.3, 0.4) is 0 Å². The number of hydrogen-bond donors (Lipinski definition) is 1. The molecule has 0 unspecified atom stereocenters. The molecule has 2 atom stereocenters. The van der Waals surface area contributed by atoms with E-state index in [-0.39, 0.29) is 37.4 Å². The van der Waals surface area contributed by atoms with E-state index in [0.717, 1.165) is 11.1 Å². The van der Waals surface area contributed by atoms with E-state index in [2.05, 4.69) is 0 Å². The van der Waals surface area contributed by atoms with E-state index in [1.54, 1.807) is 19.1 Å². The maximum atomic E-state index is 12.8. The number of carbonyl (C=O) groups is 2. The molecule has 6 heteroatoms. The average molecular weight is 334 g/mol. The van der Waals surface area contributed by atoms with E-state index < -0.39 is 5.92 Å². The SMILES string of the molecule is COCCN1C(=O)C[C@@H](C(=O)N(C)CCO)[C@@H]1c1ccccc1C. The molecule has 1 aliphatic heterocycles. The Morgan fingerprint density at radius 1 is 1.42 bits per heavy atom. The smallest absolute Gasteiger partial charge is 0.228 e. The highest BCUT2D eigenvalue weighted by molar-refractivity contribution is 5.90. The lowest BCUT2D eigenvalue weighted by Crippen LogP contribution is -2.39. The van der Waals surface area contributed by atoms with Gasteiger partial charge in [-0.05, 0) is 18.1 Å². The molecule has 1 heterocycles. The molecular weight excluding hydrogens is 308 g/mol. The van der Waals surface area contributed by atoms with Crippen LogP contribution < -0.4 is 0 Å². The molecule has 132 valence electrons. The minimum absolute atomic E-state index is 0.0314. The predicted molar refractivity (Wildman–Crippen MR) is 90.3 cm³/mol. The van der Waals surface area contributed by atoms with E-state index in [4.69, 9.17) is 9.84 Å². The first-order chi connectivity index (χ1) is 11.5. The van der Waals surface area contributed by atoms with Gasteiger partial charge >= 0.3 is 0 Å². The number of rotatable bonds is 7. The van der Waals surface area contributed by atoms with Gasteiger partial charge in [0.25, 0.3) is 0 Å². The number of ether oxygens (including phenoxy) is 1. The number of likely N-dealkylation sites (tertiary alicyclic amines) is 1. The maximum Gasteiger partial charge on any atom is 0.228 e. The normalized spacial score (nSPS) is 20.5. The number of nitrogens with zero attached hydrogens (tertiary/aromatic N) is 2. The minimum atomic E-state index is -0.438. The van der Waals surface area contributed by atoms with Crippen LogP contribution in [0, 0.1) is 12.8 Å². The molecule has 0 aromatic heterocycles. The summed E-state index contributed by atoms with van der Waals surface area (Å²) in [7, 11) is 3.26. The molecule has 1 fully saturated rings. The first-order valence-electron chi connectivity index (χ1n) is 8.21. The summed E-state index contributed by atoms with van der Waals surface area (Å²) in [5.41, 5.74) is 2.05. The van der Waals surface area contributed by atoms with E-state index in [1.165, 1.54) is 4.90 Å². The Morgan fingerprint density at radius 2 is 2.12 bits per heavy atom. The fourth-order valence-corrected chi connectivity index (χ4v) is 3.31. The number of aliphatic hydroxyl groups excluding tert-OH is 1. The van der Waals surface area contributed by atoms with Gasteiger partial charge in [-0.2, -0.15) is 0 Å². The molecule has 0 radical (unpaired) electrons. The van der Waals surface area contributed by atoms with Gasteiger partial charge in [0.05, 0.1) is 25.2 Å². The zero-order valence-corrected chi connectivity index (χ0v) is 14.6. The monoisotopic (exact) mass is 334 g/mol. The lowest BCUT2D eigenvalue weighted by atomic mass is 9.90. The number of amides is 2. The van der Waals surface area contributed by atoms with Gasteiger partial charge in [0.1, 0.15) is 0 Å². The summed E-state index contributed by atoms with van der Waals surface area (Å²) < 4.78 is 5.13.